The fraction of sp³-hybridized carbons (Fsp3) is 0.250. The molecule has 30 heavy (non-hydrogen) atoms. The fourth-order valence-corrected chi connectivity index (χ4v) is 3.42. The lowest BCUT2D eigenvalue weighted by Crippen LogP contribution is -2.12. The van der Waals surface area contributed by atoms with Crippen LogP contribution in [0.15, 0.2) is 41.9 Å². The molecular weight excluding hydrogens is 440 g/mol. The Kier molecular flexibility index (Phi) is 5.30. The Balaban J connectivity index is 2.12. The molecule has 0 radical (unpaired) electrons. The zero-order chi connectivity index (χ0) is 22.3. The van der Waals surface area contributed by atoms with Crippen molar-refractivity contribution in [3.05, 3.63) is 48.2 Å². The summed E-state index contributed by atoms with van der Waals surface area (Å²) in [6.45, 7) is 1.24. The molecular formula is C16H11F6N5O2S. The van der Waals surface area contributed by atoms with Crippen molar-refractivity contribution in [2.24, 2.45) is 0 Å². The molecule has 0 aliphatic heterocycles. The molecule has 0 fully saturated rings. The largest absolute Gasteiger partial charge is 0.417 e. The van der Waals surface area contributed by atoms with Crippen molar-refractivity contribution < 1.29 is 34.8 Å². The predicted octanol–water partition coefficient (Wildman–Crippen LogP) is 3.56. The number of alkyl halides is 6. The molecule has 0 saturated carbocycles. The molecule has 14 heteroatoms. The molecule has 0 aliphatic rings. The summed E-state index contributed by atoms with van der Waals surface area (Å²) in [4.78, 5) is 10.1. The number of hydrogen-bond acceptors (Lipinski definition) is 6. The molecule has 3 heterocycles. The van der Waals surface area contributed by atoms with Gasteiger partial charge in [0.25, 0.3) is 0 Å². The van der Waals surface area contributed by atoms with Crippen LogP contribution in [0.3, 0.4) is 0 Å². The Morgan fingerprint density at radius 2 is 1.57 bits per heavy atom. The van der Waals surface area contributed by atoms with Crippen molar-refractivity contribution in [1.29, 1.82) is 0 Å². The molecule has 0 aliphatic carbocycles. The van der Waals surface area contributed by atoms with E-state index in [0.717, 1.165) is 23.3 Å². The molecule has 160 valence electrons. The second-order valence-corrected chi connectivity index (χ2v) is 8.16. The van der Waals surface area contributed by atoms with E-state index in [-0.39, 0.29) is 11.5 Å². The Morgan fingerprint density at radius 3 is 2.17 bits per heavy atom. The van der Waals surface area contributed by atoms with E-state index >= 15 is 0 Å². The molecule has 3 aromatic rings. The minimum Gasteiger partial charge on any atom is -0.262 e. The molecule has 0 N–H and O–H groups in total. The minimum atomic E-state index is -4.83. The van der Waals surface area contributed by atoms with Crippen LogP contribution in [0.5, 0.6) is 0 Å². The van der Waals surface area contributed by atoms with Crippen molar-refractivity contribution >= 4 is 9.84 Å². The van der Waals surface area contributed by atoms with Gasteiger partial charge in [-0.25, -0.2) is 18.1 Å². The van der Waals surface area contributed by atoms with Gasteiger partial charge < -0.3 is 0 Å². The van der Waals surface area contributed by atoms with Gasteiger partial charge in [0, 0.05) is 12.4 Å². The lowest BCUT2D eigenvalue weighted by atomic mass is 10.2. The first-order valence-corrected chi connectivity index (χ1v) is 9.73. The zero-order valence-corrected chi connectivity index (χ0v) is 15.7. The topological polar surface area (TPSA) is 90.6 Å². The van der Waals surface area contributed by atoms with E-state index in [0.29, 0.717) is 18.5 Å². The molecule has 0 spiro atoms. The Morgan fingerprint density at radius 1 is 0.933 bits per heavy atom. The maximum atomic E-state index is 13.0. The van der Waals surface area contributed by atoms with Gasteiger partial charge in [-0.15, -0.1) is 5.10 Å². The number of hydrogen-bond donors (Lipinski definition) is 0. The summed E-state index contributed by atoms with van der Waals surface area (Å²) in [6.07, 6.45) is -6.45. The smallest absolute Gasteiger partial charge is 0.262 e. The summed E-state index contributed by atoms with van der Waals surface area (Å²) in [5.74, 6) is -0.894. The quantitative estimate of drug-likeness (QED) is 0.564. The van der Waals surface area contributed by atoms with Crippen LogP contribution >= 0.6 is 0 Å². The number of sulfone groups is 1. The monoisotopic (exact) mass is 451 g/mol. The van der Waals surface area contributed by atoms with Crippen LogP contribution in [0.4, 0.5) is 26.3 Å². The zero-order valence-electron chi connectivity index (χ0n) is 14.9. The van der Waals surface area contributed by atoms with Gasteiger partial charge in [0.15, 0.2) is 9.84 Å². The molecule has 3 rings (SSSR count). The number of halogens is 6. The van der Waals surface area contributed by atoms with Crippen molar-refractivity contribution in [2.45, 2.75) is 24.2 Å². The first kappa shape index (κ1) is 21.7. The fourth-order valence-electron chi connectivity index (χ4n) is 2.36. The summed E-state index contributed by atoms with van der Waals surface area (Å²) in [5, 5.41) is 3.86. The van der Waals surface area contributed by atoms with Crippen LogP contribution in [-0.2, 0) is 22.2 Å². The summed E-state index contributed by atoms with van der Waals surface area (Å²) >= 11 is 0. The Hall–Kier alpha value is -3.03. The number of aromatic nitrogens is 5. The van der Waals surface area contributed by atoms with E-state index in [1.807, 2.05) is 0 Å². The van der Waals surface area contributed by atoms with Gasteiger partial charge in [-0.2, -0.15) is 26.3 Å². The lowest BCUT2D eigenvalue weighted by molar-refractivity contribution is -0.138. The van der Waals surface area contributed by atoms with Crippen LogP contribution < -0.4 is 0 Å². The van der Waals surface area contributed by atoms with E-state index in [9.17, 15) is 34.8 Å². The van der Waals surface area contributed by atoms with E-state index in [1.165, 1.54) is 6.92 Å². The van der Waals surface area contributed by atoms with E-state index in [1.54, 1.807) is 0 Å². The molecule has 3 aromatic heterocycles. The molecule has 0 amide bonds. The van der Waals surface area contributed by atoms with E-state index in [2.05, 4.69) is 20.1 Å². The molecule has 0 bridgehead atoms. The third-order valence-electron chi connectivity index (χ3n) is 3.91. The first-order chi connectivity index (χ1) is 13.8. The van der Waals surface area contributed by atoms with Crippen molar-refractivity contribution in [3.63, 3.8) is 0 Å². The number of pyridine rings is 2. The van der Waals surface area contributed by atoms with Crippen molar-refractivity contribution in [2.75, 3.05) is 5.75 Å². The third-order valence-corrected chi connectivity index (χ3v) is 5.66. The first-order valence-electron chi connectivity index (χ1n) is 8.07. The van der Waals surface area contributed by atoms with Gasteiger partial charge in [0.1, 0.15) is 12.0 Å². The Labute approximate surface area is 165 Å². The highest BCUT2D eigenvalue weighted by molar-refractivity contribution is 7.91. The van der Waals surface area contributed by atoms with Gasteiger partial charge in [-0.3, -0.25) is 9.97 Å². The summed E-state index contributed by atoms with van der Waals surface area (Å²) in [5.41, 5.74) is -2.93. The van der Waals surface area contributed by atoms with Crippen molar-refractivity contribution in [1.82, 2.24) is 24.7 Å². The van der Waals surface area contributed by atoms with Gasteiger partial charge >= 0.3 is 12.4 Å². The normalized spacial score (nSPS) is 12.9. The SMILES string of the molecule is CCS(=O)(=O)c1cc(C(F)(F)F)cnc1-c1ncn(-c2cncc(C(F)(F)F)c2)n1. The summed E-state index contributed by atoms with van der Waals surface area (Å²) < 4.78 is 103. The van der Waals surface area contributed by atoms with Crippen LogP contribution in [-0.4, -0.2) is 38.9 Å². The van der Waals surface area contributed by atoms with E-state index in [4.69, 9.17) is 0 Å². The standard InChI is InChI=1S/C16H11F6N5O2S/c1-2-30(28,29)12-4-10(16(20,21)22)6-24-13(12)14-25-8-27(26-14)11-3-9(5-23-7-11)15(17,18)19/h3-8H,2H2,1H3. The van der Waals surface area contributed by atoms with Gasteiger partial charge in [-0.05, 0) is 12.1 Å². The summed E-state index contributed by atoms with van der Waals surface area (Å²) in [6, 6.07) is 1.16. The highest BCUT2D eigenvalue weighted by Gasteiger charge is 2.34. The highest BCUT2D eigenvalue weighted by atomic mass is 32.2. The van der Waals surface area contributed by atoms with Gasteiger partial charge in [-0.1, -0.05) is 6.92 Å². The maximum Gasteiger partial charge on any atom is 0.417 e. The molecule has 0 atom stereocenters. The van der Waals surface area contributed by atoms with E-state index < -0.39 is 49.7 Å². The highest BCUT2D eigenvalue weighted by Crippen LogP contribution is 2.34. The number of nitrogens with zero attached hydrogens (tertiary/aromatic N) is 5. The average molecular weight is 451 g/mol. The average Bonchev–Trinajstić information content (AvgIpc) is 3.16. The second-order valence-electron chi connectivity index (χ2n) is 5.91. The molecule has 7 nitrogen and oxygen atoms in total. The minimum absolute atomic E-state index is 0.143. The second kappa shape index (κ2) is 7.34. The van der Waals surface area contributed by atoms with Crippen LogP contribution in [0.25, 0.3) is 17.2 Å². The molecule has 0 aromatic carbocycles. The maximum absolute atomic E-state index is 13.0. The van der Waals surface area contributed by atoms with Gasteiger partial charge in [0.05, 0.1) is 33.7 Å². The summed E-state index contributed by atoms with van der Waals surface area (Å²) in [7, 11) is -4.15. The molecule has 0 saturated heterocycles. The van der Waals surface area contributed by atoms with Crippen LogP contribution in [0.1, 0.15) is 18.1 Å². The lowest BCUT2D eigenvalue weighted by Gasteiger charge is -2.11. The predicted molar refractivity (Wildman–Crippen MR) is 90.1 cm³/mol. The molecule has 0 unspecified atom stereocenters. The number of rotatable bonds is 4. The van der Waals surface area contributed by atoms with Crippen LogP contribution in [0.2, 0.25) is 0 Å². The Bertz CT molecular complexity index is 1190. The van der Waals surface area contributed by atoms with Crippen LogP contribution in [0, 0.1) is 0 Å². The van der Waals surface area contributed by atoms with Gasteiger partial charge in [0.2, 0.25) is 5.82 Å². The third kappa shape index (κ3) is 4.27. The van der Waals surface area contributed by atoms with Crippen molar-refractivity contribution in [3.8, 4) is 17.2 Å².